The number of carbonyl (C=O) groups is 4. The molecule has 0 spiro atoms. The number of ether oxygens (including phenoxy) is 1. The number of aliphatic carboxylic acids is 1. The Balaban J connectivity index is 0.978. The molecule has 3 saturated heterocycles. The minimum absolute atomic E-state index is 0.0334. The fourth-order valence-corrected chi connectivity index (χ4v) is 8.20. The van der Waals surface area contributed by atoms with Crippen molar-refractivity contribution >= 4 is 52.4 Å². The molecule has 7 N–H and O–H groups in total. The maximum Gasteiger partial charge on any atom is 0.315 e. The molecule has 0 aromatic carbocycles. The molecule has 3 fully saturated rings. The first kappa shape index (κ1) is 36.8. The summed E-state index contributed by atoms with van der Waals surface area (Å²) in [5, 5.41) is 43.0. The zero-order valence-corrected chi connectivity index (χ0v) is 28.6. The second-order valence-electron chi connectivity index (χ2n) is 13.1. The van der Waals surface area contributed by atoms with E-state index >= 15 is 0 Å². The average molecular weight is 705 g/mol. The lowest BCUT2D eigenvalue weighted by Gasteiger charge is -2.22. The van der Waals surface area contributed by atoms with Crippen molar-refractivity contribution in [2.24, 2.45) is 0 Å². The number of fused-ring (bicyclic) bond motifs is 2. The summed E-state index contributed by atoms with van der Waals surface area (Å²) in [6.45, 7) is 1.37. The third-order valence-electron chi connectivity index (χ3n) is 9.28. The van der Waals surface area contributed by atoms with Gasteiger partial charge >= 0.3 is 12.0 Å². The average Bonchev–Trinajstić information content (AvgIpc) is 3.81. The highest BCUT2D eigenvalue weighted by Gasteiger charge is 2.45. The molecule has 2 aromatic heterocycles. The molecule has 2 unspecified atom stereocenters. The monoisotopic (exact) mass is 704 g/mol. The first-order valence-corrected chi connectivity index (χ1v) is 18.1. The van der Waals surface area contributed by atoms with Crippen LogP contribution in [0.3, 0.4) is 0 Å². The Morgan fingerprint density at radius 1 is 1.04 bits per heavy atom. The number of aliphatic hydroxyl groups excluding tert-OH is 2. The number of carboxylic acids is 1. The standard InChI is InChI=1S/C32H48N8O8S/c1-39(14-7-11-25(43)44)16-21-27(45)28(46)31(48-21)40-15-12-19-29(34-18-35-30(19)40)37-24(42)10-3-2-6-13-33-23(41)9-5-4-8-22-26-20(17-49-22)36-32(47)38-26/h12,15,18,20-22,26-28,31,45-46H,2-11,13-14,16-17H2,1H3,(H,33,41)(H,43,44)(H2,36,38,47)(H,34,35,37,42)/t20-,21+,22?,26-,27+,28+,31?/m0/s1. The number of likely N-dealkylation sites (N-methyl/N-ethyl adjacent to an activating group) is 1. The summed E-state index contributed by atoms with van der Waals surface area (Å²) in [6, 6.07) is 2.05. The van der Waals surface area contributed by atoms with Crippen LogP contribution in [0.25, 0.3) is 11.0 Å². The van der Waals surface area contributed by atoms with Crippen molar-refractivity contribution in [2.75, 3.05) is 37.8 Å². The van der Waals surface area contributed by atoms with Crippen LogP contribution in [-0.4, -0.2) is 127 Å². The van der Waals surface area contributed by atoms with E-state index in [4.69, 9.17) is 9.84 Å². The summed E-state index contributed by atoms with van der Waals surface area (Å²) < 4.78 is 7.64. The van der Waals surface area contributed by atoms with Crippen molar-refractivity contribution in [1.29, 1.82) is 0 Å². The maximum absolute atomic E-state index is 12.7. The predicted molar refractivity (Wildman–Crippen MR) is 182 cm³/mol. The maximum atomic E-state index is 12.7. The number of rotatable bonds is 19. The Kier molecular flexibility index (Phi) is 13.1. The summed E-state index contributed by atoms with van der Waals surface area (Å²) in [5.41, 5.74) is 0.429. The molecule has 17 heteroatoms. The van der Waals surface area contributed by atoms with Crippen molar-refractivity contribution in [2.45, 2.75) is 106 Å². The molecule has 3 aliphatic rings. The van der Waals surface area contributed by atoms with E-state index < -0.39 is 30.5 Å². The second kappa shape index (κ2) is 17.4. The molecule has 3 aliphatic heterocycles. The number of carbonyl (C=O) groups excluding carboxylic acids is 3. The van der Waals surface area contributed by atoms with Crippen LogP contribution in [-0.2, 0) is 19.1 Å². The number of carboxylic acid groups (broad SMARTS) is 1. The van der Waals surface area contributed by atoms with Crippen LogP contribution < -0.4 is 21.3 Å². The van der Waals surface area contributed by atoms with Gasteiger partial charge in [-0.15, -0.1) is 0 Å². The van der Waals surface area contributed by atoms with Crippen molar-refractivity contribution in [1.82, 2.24) is 35.4 Å². The van der Waals surface area contributed by atoms with Crippen molar-refractivity contribution in [3.8, 4) is 0 Å². The van der Waals surface area contributed by atoms with Crippen LogP contribution in [0.2, 0.25) is 0 Å². The number of amides is 4. The van der Waals surface area contributed by atoms with Gasteiger partial charge in [-0.25, -0.2) is 14.8 Å². The van der Waals surface area contributed by atoms with Gasteiger partial charge in [0.05, 0.1) is 17.5 Å². The summed E-state index contributed by atoms with van der Waals surface area (Å²) in [6.07, 6.45) is 5.19. The van der Waals surface area contributed by atoms with Gasteiger partial charge in [-0.05, 0) is 51.8 Å². The smallest absolute Gasteiger partial charge is 0.315 e. The quantitative estimate of drug-likeness (QED) is 0.0810. The molecule has 5 rings (SSSR count). The van der Waals surface area contributed by atoms with E-state index in [9.17, 15) is 29.4 Å². The number of unbranched alkanes of at least 4 members (excludes halogenated alkanes) is 3. The molecule has 5 heterocycles. The van der Waals surface area contributed by atoms with Crippen LogP contribution in [0.5, 0.6) is 0 Å². The van der Waals surface area contributed by atoms with E-state index in [1.165, 1.54) is 6.33 Å². The Labute approximate surface area is 289 Å². The van der Waals surface area contributed by atoms with E-state index in [1.54, 1.807) is 23.9 Å². The highest BCUT2D eigenvalue weighted by molar-refractivity contribution is 8.00. The third-order valence-corrected chi connectivity index (χ3v) is 10.8. The first-order valence-electron chi connectivity index (χ1n) is 17.1. The number of thioether (sulfide) groups is 1. The van der Waals surface area contributed by atoms with Crippen LogP contribution in [0.4, 0.5) is 10.6 Å². The summed E-state index contributed by atoms with van der Waals surface area (Å²) in [7, 11) is 1.80. The lowest BCUT2D eigenvalue weighted by molar-refractivity contribution is -0.137. The van der Waals surface area contributed by atoms with Crippen LogP contribution in [0, 0.1) is 0 Å². The third kappa shape index (κ3) is 9.81. The summed E-state index contributed by atoms with van der Waals surface area (Å²) >= 11 is 1.88. The molecular weight excluding hydrogens is 656 g/mol. The summed E-state index contributed by atoms with van der Waals surface area (Å²) in [4.78, 5) is 57.7. The molecule has 0 aliphatic carbocycles. The van der Waals surface area contributed by atoms with Gasteiger partial charge < -0.3 is 50.8 Å². The number of urea groups is 1. The van der Waals surface area contributed by atoms with E-state index in [1.807, 2.05) is 16.7 Å². The van der Waals surface area contributed by atoms with Crippen LogP contribution in [0.1, 0.15) is 70.4 Å². The molecule has 4 amide bonds. The zero-order chi connectivity index (χ0) is 34.9. The number of hydrogen-bond acceptors (Lipinski definition) is 11. The topological polar surface area (TPSA) is 220 Å². The van der Waals surface area contributed by atoms with Gasteiger partial charge in [-0.1, -0.05) is 12.8 Å². The van der Waals surface area contributed by atoms with E-state index in [-0.39, 0.29) is 42.8 Å². The highest BCUT2D eigenvalue weighted by Crippen LogP contribution is 2.34. The molecular formula is C32H48N8O8S. The van der Waals surface area contributed by atoms with Crippen LogP contribution in [0.15, 0.2) is 18.6 Å². The fourth-order valence-electron chi connectivity index (χ4n) is 6.66. The summed E-state index contributed by atoms with van der Waals surface area (Å²) in [5.74, 6) is 0.234. The molecule has 16 nitrogen and oxygen atoms in total. The van der Waals surface area contributed by atoms with Gasteiger partial charge in [0.15, 0.2) is 6.23 Å². The van der Waals surface area contributed by atoms with Crippen LogP contribution >= 0.6 is 11.8 Å². The lowest BCUT2D eigenvalue weighted by atomic mass is 10.0. The van der Waals surface area contributed by atoms with E-state index in [0.29, 0.717) is 61.0 Å². The molecule has 0 saturated carbocycles. The molecule has 0 radical (unpaired) electrons. The van der Waals surface area contributed by atoms with E-state index in [2.05, 4.69) is 31.2 Å². The van der Waals surface area contributed by atoms with Gasteiger partial charge in [0.1, 0.15) is 36.1 Å². The second-order valence-corrected chi connectivity index (χ2v) is 14.3. The van der Waals surface area contributed by atoms with Gasteiger partial charge in [-0.2, -0.15) is 11.8 Å². The first-order chi connectivity index (χ1) is 23.6. The van der Waals surface area contributed by atoms with Gasteiger partial charge in [0, 0.05) is 49.6 Å². The molecule has 0 bridgehead atoms. The molecule has 270 valence electrons. The van der Waals surface area contributed by atoms with Gasteiger partial charge in [0.2, 0.25) is 11.8 Å². The van der Waals surface area contributed by atoms with Crippen molar-refractivity contribution in [3.05, 3.63) is 18.6 Å². The predicted octanol–water partition coefficient (Wildman–Crippen LogP) is 1.19. The Bertz CT molecular complexity index is 1460. The Morgan fingerprint density at radius 3 is 2.65 bits per heavy atom. The van der Waals surface area contributed by atoms with Crippen molar-refractivity contribution < 1.29 is 39.2 Å². The van der Waals surface area contributed by atoms with E-state index in [0.717, 1.165) is 37.9 Å². The van der Waals surface area contributed by atoms with Gasteiger partial charge in [-0.3, -0.25) is 14.4 Å². The Morgan fingerprint density at radius 2 is 1.84 bits per heavy atom. The number of anilines is 1. The molecule has 2 aromatic rings. The lowest BCUT2D eigenvalue weighted by Crippen LogP contribution is -2.38. The minimum atomic E-state index is -1.23. The number of aromatic nitrogens is 3. The molecule has 49 heavy (non-hydrogen) atoms. The number of hydrogen-bond donors (Lipinski definition) is 7. The number of aliphatic hydroxyl groups is 2. The Hall–Kier alpha value is -3.51. The molecule has 7 atom stereocenters. The minimum Gasteiger partial charge on any atom is -0.481 e. The highest BCUT2D eigenvalue weighted by atomic mass is 32.2. The van der Waals surface area contributed by atoms with Crippen molar-refractivity contribution in [3.63, 3.8) is 0 Å². The zero-order valence-electron chi connectivity index (χ0n) is 27.8. The number of nitrogens with one attached hydrogen (secondary N) is 4. The normalized spacial score (nSPS) is 26.1. The number of nitrogens with zero attached hydrogens (tertiary/aromatic N) is 4. The largest absolute Gasteiger partial charge is 0.481 e. The van der Waals surface area contributed by atoms with Gasteiger partial charge in [0.25, 0.3) is 0 Å². The SMILES string of the molecule is CN(CCCC(=O)O)C[C@H]1OC(n2ccc3c(NC(=O)CCCCCNC(=O)CCCCC4SC[C@@H]5NC(=O)N[C@H]45)ncnc32)[C@H](O)[C@@H]1O. The fraction of sp³-hybridized carbons (Fsp3) is 0.688.